The van der Waals surface area contributed by atoms with Crippen LogP contribution in [0.15, 0.2) is 101 Å². The third-order valence-corrected chi connectivity index (χ3v) is 11.7. The Hall–Kier alpha value is -6.95. The molecule has 1 aliphatic rings. The van der Waals surface area contributed by atoms with Crippen LogP contribution < -0.4 is 25.2 Å². The highest BCUT2D eigenvalue weighted by Gasteiger charge is 2.23. The van der Waals surface area contributed by atoms with Crippen LogP contribution in [0.3, 0.4) is 0 Å². The van der Waals surface area contributed by atoms with Crippen LogP contribution in [0.25, 0.3) is 27.8 Å². The predicted molar refractivity (Wildman–Crippen MR) is 243 cm³/mol. The van der Waals surface area contributed by atoms with Crippen molar-refractivity contribution in [3.05, 3.63) is 103 Å². The fraction of sp³-hybridized carbons (Fsp3) is 0.311. The Labute approximate surface area is 367 Å². The third kappa shape index (κ3) is 10.1. The van der Waals surface area contributed by atoms with Gasteiger partial charge in [0, 0.05) is 72.8 Å². The fourth-order valence-electron chi connectivity index (χ4n) is 7.18. The van der Waals surface area contributed by atoms with Crippen LogP contribution in [0.1, 0.15) is 46.1 Å². The van der Waals surface area contributed by atoms with Gasteiger partial charge < -0.3 is 25.1 Å². The van der Waals surface area contributed by atoms with Crippen LogP contribution in [0.5, 0.6) is 5.75 Å². The molecule has 328 valence electrons. The molecule has 2 unspecified atom stereocenters. The van der Waals surface area contributed by atoms with Gasteiger partial charge in [-0.05, 0) is 86.7 Å². The first-order valence-corrected chi connectivity index (χ1v) is 21.9. The van der Waals surface area contributed by atoms with Crippen molar-refractivity contribution in [1.82, 2.24) is 44.9 Å². The highest BCUT2D eigenvalue weighted by molar-refractivity contribution is 7.85. The number of H-pyrrole nitrogens is 1. The second kappa shape index (κ2) is 19.8. The summed E-state index contributed by atoms with van der Waals surface area (Å²) in [5.41, 5.74) is 5.07. The molecule has 0 bridgehead atoms. The molecule has 63 heavy (non-hydrogen) atoms. The lowest BCUT2D eigenvalue weighted by atomic mass is 10.1. The molecular formula is C45H51FN12O4S. The van der Waals surface area contributed by atoms with Crippen LogP contribution in [0, 0.1) is 11.7 Å². The maximum Gasteiger partial charge on any atom is 0.322 e. The summed E-state index contributed by atoms with van der Waals surface area (Å²) in [5, 5.41) is 22.1. The second-order valence-electron chi connectivity index (χ2n) is 15.3. The number of ether oxygens (including phenoxy) is 1. The van der Waals surface area contributed by atoms with E-state index in [9.17, 15) is 13.8 Å². The summed E-state index contributed by atoms with van der Waals surface area (Å²) >= 11 is 0. The third-order valence-electron chi connectivity index (χ3n) is 10.3. The number of amides is 2. The molecule has 0 radical (unpaired) electrons. The molecule has 2 atom stereocenters. The number of aryl methyl sites for hydroxylation is 2. The zero-order chi connectivity index (χ0) is 44.6. The minimum Gasteiger partial charge on any atom is -0.485 e. The van der Waals surface area contributed by atoms with Crippen molar-refractivity contribution in [2.75, 3.05) is 41.8 Å². The van der Waals surface area contributed by atoms with Gasteiger partial charge in [0.25, 0.3) is 0 Å². The molecule has 0 saturated carbocycles. The molecule has 0 spiro atoms. The summed E-state index contributed by atoms with van der Waals surface area (Å²) in [6.07, 6.45) is 12.2. The quantitative estimate of drug-likeness (QED) is 0.0766. The van der Waals surface area contributed by atoms with Gasteiger partial charge in [0.2, 0.25) is 11.6 Å². The van der Waals surface area contributed by atoms with Crippen LogP contribution in [0.4, 0.5) is 32.3 Å². The first-order valence-electron chi connectivity index (χ1n) is 20.8. The van der Waals surface area contributed by atoms with E-state index in [1.165, 1.54) is 27.9 Å². The number of halogens is 1. The lowest BCUT2D eigenvalue weighted by molar-refractivity contribution is -0.107. The van der Waals surface area contributed by atoms with Gasteiger partial charge in [-0.3, -0.25) is 14.7 Å². The van der Waals surface area contributed by atoms with Gasteiger partial charge >= 0.3 is 6.03 Å². The molecule has 5 heterocycles. The standard InChI is InChI=1S/C25H24FN7O2S.C20H27N5O2/c1-4-16-6-5-7-18(10-16)36(34)19-8-9-21(20(26)11-19)30-25-31-24-23(35-15(2)3)22(17-12-28-29-13-17)27-14-33(24)32-25;1-15-7-4-5-10-24(14-15)16-8-9-17-18(13-16)23(3)22-19(17)25(11-6-12-26)20(27)21-2/h5-15H,4H2,1-3H3,(H,28,29)(H,30,32);4-5,8-9,12-13,15H,6-7,10-11,14H2,1-3H3,(H,21,27). The largest absolute Gasteiger partial charge is 0.485 e. The Morgan fingerprint density at radius 2 is 1.94 bits per heavy atom. The van der Waals surface area contributed by atoms with Crippen molar-refractivity contribution in [2.45, 2.75) is 62.9 Å². The number of aromatic nitrogens is 8. The number of allylic oxidation sites excluding steroid dienone is 1. The van der Waals surface area contributed by atoms with E-state index in [-0.39, 0.29) is 30.2 Å². The second-order valence-corrected chi connectivity index (χ2v) is 16.8. The summed E-state index contributed by atoms with van der Waals surface area (Å²) in [6, 6.07) is 17.9. The number of benzene rings is 3. The van der Waals surface area contributed by atoms with E-state index in [2.05, 4.69) is 77.1 Å². The topological polar surface area (TPSA) is 181 Å². The molecule has 7 aromatic rings. The number of hydrogen-bond donors (Lipinski definition) is 3. The number of rotatable bonds is 13. The highest BCUT2D eigenvalue weighted by atomic mass is 32.2. The number of aromatic amines is 1. The molecule has 18 heteroatoms. The summed E-state index contributed by atoms with van der Waals surface area (Å²) in [4.78, 5) is 37.0. The van der Waals surface area contributed by atoms with Crippen LogP contribution in [0.2, 0.25) is 0 Å². The van der Waals surface area contributed by atoms with E-state index < -0.39 is 16.6 Å². The van der Waals surface area contributed by atoms with Crippen molar-refractivity contribution in [2.24, 2.45) is 13.0 Å². The smallest absolute Gasteiger partial charge is 0.322 e. The predicted octanol–water partition coefficient (Wildman–Crippen LogP) is 7.62. The number of anilines is 4. The Balaban J connectivity index is 0.000000197. The Morgan fingerprint density at radius 3 is 2.67 bits per heavy atom. The summed E-state index contributed by atoms with van der Waals surface area (Å²) in [6.45, 7) is 10.3. The first kappa shape index (κ1) is 44.1. The molecule has 0 saturated heterocycles. The highest BCUT2D eigenvalue weighted by Crippen LogP contribution is 2.34. The number of carbonyl (C=O) groups is 2. The van der Waals surface area contributed by atoms with E-state index >= 15 is 4.39 Å². The van der Waals surface area contributed by atoms with Crippen LogP contribution >= 0.6 is 0 Å². The molecule has 4 aromatic heterocycles. The molecule has 0 aliphatic carbocycles. The van der Waals surface area contributed by atoms with Crippen molar-refractivity contribution in [1.29, 1.82) is 0 Å². The van der Waals surface area contributed by atoms with Crippen molar-refractivity contribution in [3.8, 4) is 17.0 Å². The molecular weight excluding hydrogens is 824 g/mol. The minimum atomic E-state index is -1.50. The van der Waals surface area contributed by atoms with Gasteiger partial charge in [0.05, 0.1) is 34.3 Å². The minimum absolute atomic E-state index is 0.138. The van der Waals surface area contributed by atoms with E-state index in [1.807, 2.05) is 52.1 Å². The first-order chi connectivity index (χ1) is 30.5. The Bertz CT molecular complexity index is 2770. The van der Waals surface area contributed by atoms with Gasteiger partial charge in [0.15, 0.2) is 11.6 Å². The molecule has 3 aromatic carbocycles. The number of carbonyl (C=O) groups excluding carboxylic acids is 2. The van der Waals surface area contributed by atoms with Crippen LogP contribution in [-0.4, -0.2) is 88.9 Å². The fourth-order valence-corrected chi connectivity index (χ4v) is 8.31. The molecule has 0 fully saturated rings. The number of nitrogens with one attached hydrogen (secondary N) is 3. The van der Waals surface area contributed by atoms with E-state index in [1.54, 1.807) is 36.3 Å². The van der Waals surface area contributed by atoms with Crippen molar-refractivity contribution >= 4 is 62.8 Å². The van der Waals surface area contributed by atoms with E-state index in [0.29, 0.717) is 45.2 Å². The zero-order valence-electron chi connectivity index (χ0n) is 36.1. The molecule has 16 nitrogen and oxygen atoms in total. The van der Waals surface area contributed by atoms with Crippen molar-refractivity contribution in [3.63, 3.8) is 0 Å². The normalized spacial score (nSPS) is 14.3. The average Bonchev–Trinajstić information content (AvgIpc) is 4.01. The van der Waals surface area contributed by atoms with Gasteiger partial charge in [-0.1, -0.05) is 38.1 Å². The summed E-state index contributed by atoms with van der Waals surface area (Å²) < 4.78 is 37.2. The maximum atomic E-state index is 15.0. The summed E-state index contributed by atoms with van der Waals surface area (Å²) in [7, 11) is 1.96. The number of urea groups is 1. The Morgan fingerprint density at radius 1 is 1.11 bits per heavy atom. The van der Waals surface area contributed by atoms with Gasteiger partial charge in [-0.15, -0.1) is 5.10 Å². The van der Waals surface area contributed by atoms with Crippen LogP contribution in [-0.2, 0) is 29.1 Å². The molecule has 1 aliphatic heterocycles. The van der Waals surface area contributed by atoms with Gasteiger partial charge in [-0.2, -0.15) is 19.7 Å². The molecule has 3 N–H and O–H groups in total. The lowest BCUT2D eigenvalue weighted by Crippen LogP contribution is -2.39. The zero-order valence-corrected chi connectivity index (χ0v) is 36.9. The number of hydrogen-bond acceptors (Lipinski definition) is 11. The molecule has 8 rings (SSSR count). The number of aldehydes is 1. The Kier molecular flexibility index (Phi) is 13.9. The number of nitrogens with zero attached hydrogens (tertiary/aromatic N) is 9. The molecule has 2 amide bonds. The maximum absolute atomic E-state index is 15.0. The average molecular weight is 875 g/mol. The van der Waals surface area contributed by atoms with E-state index in [4.69, 9.17) is 4.74 Å². The van der Waals surface area contributed by atoms with E-state index in [0.717, 1.165) is 59.9 Å². The van der Waals surface area contributed by atoms with Gasteiger partial charge in [0.1, 0.15) is 24.1 Å². The monoisotopic (exact) mass is 874 g/mol. The number of fused-ring (bicyclic) bond motifs is 2. The SMILES string of the molecule is CCc1cccc(S(=O)c2ccc(Nc3nc4c(OC(C)C)c(-c5cn[nH]c5)ncn4n3)c(F)c2)c1.CNC(=O)N(CCC=O)c1nn(C)c2cc(N3CC=CCC(C)C3)ccc12. The van der Waals surface area contributed by atoms with Crippen molar-refractivity contribution < 1.29 is 22.9 Å². The van der Waals surface area contributed by atoms with Gasteiger partial charge in [-0.25, -0.2) is 18.4 Å². The lowest BCUT2D eigenvalue weighted by Gasteiger charge is -2.25. The summed E-state index contributed by atoms with van der Waals surface area (Å²) in [5.74, 6) is 1.22.